The number of aromatic amines is 1. The summed E-state index contributed by atoms with van der Waals surface area (Å²) in [5, 5.41) is 11.2. The highest BCUT2D eigenvalue weighted by atomic mass is 16.5. The van der Waals surface area contributed by atoms with Gasteiger partial charge in [0.15, 0.2) is 0 Å². The first kappa shape index (κ1) is 14.9. The summed E-state index contributed by atoms with van der Waals surface area (Å²) in [6.07, 6.45) is 6.60. The molecule has 1 saturated carbocycles. The lowest BCUT2D eigenvalue weighted by atomic mass is 9.92. The summed E-state index contributed by atoms with van der Waals surface area (Å²) >= 11 is 0. The van der Waals surface area contributed by atoms with Gasteiger partial charge < -0.3 is 10.1 Å². The van der Waals surface area contributed by atoms with E-state index in [1.165, 1.54) is 0 Å². The van der Waals surface area contributed by atoms with Crippen molar-refractivity contribution < 1.29 is 9.53 Å². The number of aromatic nitrogens is 2. The minimum absolute atomic E-state index is 0.127. The van der Waals surface area contributed by atoms with Crippen LogP contribution in [0.1, 0.15) is 44.6 Å². The zero-order chi connectivity index (χ0) is 15.5. The average molecular weight is 301 g/mol. The number of H-pyrrole nitrogens is 1. The van der Waals surface area contributed by atoms with Gasteiger partial charge in [0.2, 0.25) is 5.91 Å². The topological polar surface area (TPSA) is 67.0 Å². The average Bonchev–Trinajstić information content (AvgIpc) is 3.00. The van der Waals surface area contributed by atoms with Crippen LogP contribution in [0.3, 0.4) is 0 Å². The van der Waals surface area contributed by atoms with E-state index in [-0.39, 0.29) is 18.1 Å². The van der Waals surface area contributed by atoms with Crippen molar-refractivity contribution in [2.75, 3.05) is 0 Å². The minimum Gasteiger partial charge on any atom is -0.490 e. The number of nitrogens with one attached hydrogen (secondary N) is 2. The number of ether oxygens (including phenoxy) is 1. The van der Waals surface area contributed by atoms with E-state index >= 15 is 0 Å². The zero-order valence-corrected chi connectivity index (χ0v) is 13.2. The van der Waals surface area contributed by atoms with Crippen LogP contribution >= 0.6 is 0 Å². The second-order valence-corrected chi connectivity index (χ2v) is 6.04. The number of aryl methyl sites for hydroxylation is 1. The number of hydrogen-bond acceptors (Lipinski definition) is 3. The largest absolute Gasteiger partial charge is 0.490 e. The van der Waals surface area contributed by atoms with E-state index < -0.39 is 0 Å². The first-order chi connectivity index (χ1) is 10.7. The predicted molar refractivity (Wildman–Crippen MR) is 85.9 cm³/mol. The van der Waals surface area contributed by atoms with Crippen LogP contribution in [0, 0.1) is 6.92 Å². The number of hydrogen-bond donors (Lipinski definition) is 2. The Balaban J connectivity index is 1.68. The van der Waals surface area contributed by atoms with Crippen LogP contribution in [-0.4, -0.2) is 28.3 Å². The monoisotopic (exact) mass is 301 g/mol. The highest BCUT2D eigenvalue weighted by molar-refractivity contribution is 5.83. The van der Waals surface area contributed by atoms with Gasteiger partial charge in [0.05, 0.1) is 11.7 Å². The summed E-state index contributed by atoms with van der Waals surface area (Å²) in [4.78, 5) is 11.6. The van der Waals surface area contributed by atoms with Crippen molar-refractivity contribution in [2.45, 2.75) is 58.1 Å². The Morgan fingerprint density at radius 2 is 2.32 bits per heavy atom. The third-order valence-electron chi connectivity index (χ3n) is 4.45. The highest BCUT2D eigenvalue weighted by Crippen LogP contribution is 2.30. The van der Waals surface area contributed by atoms with Crippen molar-refractivity contribution in [3.63, 3.8) is 0 Å². The Labute approximate surface area is 130 Å². The van der Waals surface area contributed by atoms with Crippen LogP contribution < -0.4 is 10.1 Å². The van der Waals surface area contributed by atoms with Crippen molar-refractivity contribution in [3.05, 3.63) is 23.9 Å². The van der Waals surface area contributed by atoms with Gasteiger partial charge in [0.25, 0.3) is 0 Å². The molecule has 1 fully saturated rings. The summed E-state index contributed by atoms with van der Waals surface area (Å²) < 4.78 is 6.22. The van der Waals surface area contributed by atoms with Crippen LogP contribution in [0.25, 0.3) is 10.9 Å². The molecule has 0 spiro atoms. The van der Waals surface area contributed by atoms with Gasteiger partial charge in [0, 0.05) is 29.8 Å². The Morgan fingerprint density at radius 1 is 1.45 bits per heavy atom. The fraction of sp³-hybridized carbons (Fsp3) is 0.529. The Bertz CT molecular complexity index is 665. The minimum atomic E-state index is 0.127. The molecule has 3 rings (SSSR count). The second-order valence-electron chi connectivity index (χ2n) is 6.04. The van der Waals surface area contributed by atoms with Gasteiger partial charge in [-0.2, -0.15) is 5.10 Å². The lowest BCUT2D eigenvalue weighted by Gasteiger charge is -2.30. The van der Waals surface area contributed by atoms with Crippen molar-refractivity contribution >= 4 is 16.8 Å². The van der Waals surface area contributed by atoms with Gasteiger partial charge in [-0.3, -0.25) is 9.89 Å². The molecule has 22 heavy (non-hydrogen) atoms. The van der Waals surface area contributed by atoms with Crippen molar-refractivity contribution in [2.24, 2.45) is 0 Å². The third-order valence-corrected chi connectivity index (χ3v) is 4.45. The molecule has 5 heteroatoms. The number of amides is 1. The van der Waals surface area contributed by atoms with E-state index in [0.29, 0.717) is 6.42 Å². The van der Waals surface area contributed by atoms with Gasteiger partial charge in [-0.25, -0.2) is 0 Å². The molecular formula is C17H23N3O2. The normalized spacial score (nSPS) is 21.7. The highest BCUT2D eigenvalue weighted by Gasteiger charge is 2.24. The maximum atomic E-state index is 11.6. The summed E-state index contributed by atoms with van der Waals surface area (Å²) in [5.41, 5.74) is 2.15. The molecule has 118 valence electrons. The molecular weight excluding hydrogens is 278 g/mol. The molecule has 1 aliphatic carbocycles. The molecule has 0 bridgehead atoms. The molecule has 1 amide bonds. The number of rotatable bonds is 4. The summed E-state index contributed by atoms with van der Waals surface area (Å²) in [7, 11) is 0. The lowest BCUT2D eigenvalue weighted by molar-refractivity contribution is -0.121. The van der Waals surface area contributed by atoms with E-state index in [4.69, 9.17) is 4.74 Å². The van der Waals surface area contributed by atoms with E-state index in [0.717, 1.165) is 47.9 Å². The molecule has 0 aliphatic heterocycles. The van der Waals surface area contributed by atoms with Crippen LogP contribution in [0.2, 0.25) is 0 Å². The maximum Gasteiger partial charge on any atom is 0.219 e. The molecule has 1 aromatic heterocycles. The molecule has 0 saturated heterocycles. The maximum absolute atomic E-state index is 11.6. The molecule has 5 nitrogen and oxygen atoms in total. The summed E-state index contributed by atoms with van der Waals surface area (Å²) in [6.45, 7) is 3.95. The van der Waals surface area contributed by atoms with Crippen LogP contribution in [0.15, 0.2) is 18.3 Å². The smallest absolute Gasteiger partial charge is 0.219 e. The van der Waals surface area contributed by atoms with Crippen molar-refractivity contribution in [3.8, 4) is 5.75 Å². The van der Waals surface area contributed by atoms with Gasteiger partial charge >= 0.3 is 0 Å². The van der Waals surface area contributed by atoms with Crippen LogP contribution in [0.4, 0.5) is 0 Å². The molecule has 2 N–H and O–H groups in total. The SMILES string of the molecule is CCC(=O)N[C@H]1CCC[C@H](Oc2ccc3[nH]ncc3c2C)C1. The molecule has 1 heterocycles. The number of carbonyl (C=O) groups excluding carboxylic acids is 1. The molecule has 2 atom stereocenters. The van der Waals surface area contributed by atoms with Gasteiger partial charge in [-0.1, -0.05) is 6.92 Å². The Morgan fingerprint density at radius 3 is 3.14 bits per heavy atom. The standard InChI is InChI=1S/C17H23N3O2/c1-3-17(21)19-12-5-4-6-13(9-12)22-16-8-7-15-14(11(16)2)10-18-20-15/h7-8,10,12-13H,3-6,9H2,1-2H3,(H,18,20)(H,19,21)/t12-,13-/m0/s1. The molecule has 1 aliphatic rings. The first-order valence-electron chi connectivity index (χ1n) is 8.06. The van der Waals surface area contributed by atoms with E-state index in [1.54, 1.807) is 0 Å². The van der Waals surface area contributed by atoms with Crippen molar-refractivity contribution in [1.29, 1.82) is 0 Å². The fourth-order valence-electron chi connectivity index (χ4n) is 3.16. The first-order valence-corrected chi connectivity index (χ1v) is 8.06. The Kier molecular flexibility index (Phi) is 4.32. The summed E-state index contributed by atoms with van der Waals surface area (Å²) in [5.74, 6) is 1.04. The quantitative estimate of drug-likeness (QED) is 0.912. The molecule has 2 aromatic rings. The molecule has 1 aromatic carbocycles. The number of carbonyl (C=O) groups is 1. The molecule has 0 unspecified atom stereocenters. The lowest BCUT2D eigenvalue weighted by Crippen LogP contribution is -2.41. The van der Waals surface area contributed by atoms with E-state index in [1.807, 2.05) is 25.3 Å². The van der Waals surface area contributed by atoms with Crippen LogP contribution in [-0.2, 0) is 4.79 Å². The van der Waals surface area contributed by atoms with Gasteiger partial charge in [-0.05, 0) is 38.3 Å². The third kappa shape index (κ3) is 3.08. The molecule has 0 radical (unpaired) electrons. The second kappa shape index (κ2) is 6.38. The van der Waals surface area contributed by atoms with Crippen molar-refractivity contribution in [1.82, 2.24) is 15.5 Å². The number of benzene rings is 1. The van der Waals surface area contributed by atoms with Gasteiger partial charge in [0.1, 0.15) is 11.9 Å². The number of fused-ring (bicyclic) bond motifs is 1. The zero-order valence-electron chi connectivity index (χ0n) is 13.2. The number of nitrogens with zero attached hydrogens (tertiary/aromatic N) is 1. The van der Waals surface area contributed by atoms with E-state index in [2.05, 4.69) is 22.4 Å². The van der Waals surface area contributed by atoms with E-state index in [9.17, 15) is 4.79 Å². The van der Waals surface area contributed by atoms with Gasteiger partial charge in [-0.15, -0.1) is 0 Å². The fourth-order valence-corrected chi connectivity index (χ4v) is 3.16. The Hall–Kier alpha value is -2.04. The predicted octanol–water partition coefficient (Wildman–Crippen LogP) is 3.09. The van der Waals surface area contributed by atoms with Crippen LogP contribution in [0.5, 0.6) is 5.75 Å². The summed E-state index contributed by atoms with van der Waals surface area (Å²) in [6, 6.07) is 4.25.